The van der Waals surface area contributed by atoms with Crippen molar-refractivity contribution in [3.63, 3.8) is 0 Å². The van der Waals surface area contributed by atoms with Crippen molar-refractivity contribution in [2.75, 3.05) is 10.6 Å². The van der Waals surface area contributed by atoms with Crippen LogP contribution in [0.15, 0.2) is 47.7 Å². The molecule has 4 aliphatic rings. The van der Waals surface area contributed by atoms with Gasteiger partial charge in [-0.1, -0.05) is 12.1 Å². The van der Waals surface area contributed by atoms with Gasteiger partial charge in [0.25, 0.3) is 5.56 Å². The third-order valence-corrected chi connectivity index (χ3v) is 7.36. The maximum Gasteiger partial charge on any atom is 0.293 e. The lowest BCUT2D eigenvalue weighted by Crippen LogP contribution is -2.54. The van der Waals surface area contributed by atoms with Gasteiger partial charge in [0.2, 0.25) is 5.91 Å². The maximum atomic E-state index is 12.8. The summed E-state index contributed by atoms with van der Waals surface area (Å²) in [6.07, 6.45) is 10.8. The minimum atomic E-state index is -0.338. The van der Waals surface area contributed by atoms with Gasteiger partial charge in [0.1, 0.15) is 18.4 Å². The predicted octanol–water partition coefficient (Wildman–Crippen LogP) is 2.91. The van der Waals surface area contributed by atoms with Crippen LogP contribution >= 0.6 is 0 Å². The second-order valence-corrected chi connectivity index (χ2v) is 9.67. The molecular formula is C23H26N6O2. The number of aromatic nitrogens is 4. The summed E-state index contributed by atoms with van der Waals surface area (Å²) in [5.41, 5.74) is 1.93. The zero-order valence-corrected chi connectivity index (χ0v) is 17.3. The third-order valence-electron chi connectivity index (χ3n) is 7.36. The van der Waals surface area contributed by atoms with E-state index in [0.29, 0.717) is 5.52 Å². The van der Waals surface area contributed by atoms with Crippen LogP contribution < -0.4 is 16.2 Å². The molecule has 4 fully saturated rings. The fourth-order valence-electron chi connectivity index (χ4n) is 6.56. The van der Waals surface area contributed by atoms with Crippen LogP contribution in [0.4, 0.5) is 11.4 Å². The summed E-state index contributed by atoms with van der Waals surface area (Å²) in [5.74, 6) is 2.25. The smallest absolute Gasteiger partial charge is 0.293 e. The molecule has 0 unspecified atom stereocenters. The molecule has 2 N–H and O–H groups in total. The minimum absolute atomic E-state index is 0.147. The van der Waals surface area contributed by atoms with Crippen molar-refractivity contribution in [1.29, 1.82) is 0 Å². The highest BCUT2D eigenvalue weighted by Gasteiger charge is 2.51. The summed E-state index contributed by atoms with van der Waals surface area (Å²) >= 11 is 0. The van der Waals surface area contributed by atoms with E-state index in [1.54, 1.807) is 6.07 Å². The number of carbonyl (C=O) groups is 1. The second-order valence-electron chi connectivity index (χ2n) is 9.67. The fraction of sp³-hybridized carbons (Fsp3) is 0.478. The molecule has 31 heavy (non-hydrogen) atoms. The molecule has 7 rings (SSSR count). The lowest BCUT2D eigenvalue weighted by Gasteiger charge is -2.57. The number of anilines is 2. The number of fused-ring (bicyclic) bond motifs is 1. The highest BCUT2D eigenvalue weighted by atomic mass is 16.2. The second kappa shape index (κ2) is 6.93. The van der Waals surface area contributed by atoms with E-state index in [1.165, 1.54) is 60.2 Å². The van der Waals surface area contributed by atoms with Crippen LogP contribution in [0.25, 0.3) is 5.52 Å². The van der Waals surface area contributed by atoms with Gasteiger partial charge in [0.05, 0.1) is 17.6 Å². The van der Waals surface area contributed by atoms with Gasteiger partial charge in [-0.3, -0.25) is 9.59 Å². The first-order valence-corrected chi connectivity index (χ1v) is 11.1. The van der Waals surface area contributed by atoms with E-state index >= 15 is 0 Å². The quantitative estimate of drug-likeness (QED) is 0.665. The summed E-state index contributed by atoms with van der Waals surface area (Å²) < 4.78 is 2.57. The van der Waals surface area contributed by atoms with E-state index < -0.39 is 0 Å². The van der Waals surface area contributed by atoms with Crippen LogP contribution in [0.1, 0.15) is 38.5 Å². The van der Waals surface area contributed by atoms with Gasteiger partial charge in [-0.05, 0) is 74.5 Å². The molecule has 0 radical (unpaired) electrons. The van der Waals surface area contributed by atoms with Gasteiger partial charge in [0.15, 0.2) is 0 Å². The summed E-state index contributed by atoms with van der Waals surface area (Å²) in [6.45, 7) is -0.147. The summed E-state index contributed by atoms with van der Waals surface area (Å²) in [5, 5.41) is 14.9. The number of benzene rings is 1. The zero-order valence-electron chi connectivity index (χ0n) is 17.3. The van der Waals surface area contributed by atoms with Crippen molar-refractivity contribution in [2.24, 2.45) is 17.8 Å². The van der Waals surface area contributed by atoms with Gasteiger partial charge in [-0.2, -0.15) is 10.2 Å². The third kappa shape index (κ3) is 3.30. The van der Waals surface area contributed by atoms with Gasteiger partial charge < -0.3 is 10.6 Å². The Hall–Kier alpha value is -3.16. The van der Waals surface area contributed by atoms with Crippen molar-refractivity contribution in [3.05, 3.63) is 53.2 Å². The van der Waals surface area contributed by atoms with Crippen LogP contribution in [-0.2, 0) is 11.3 Å². The Morgan fingerprint density at radius 3 is 2.39 bits per heavy atom. The number of nitrogens with zero attached hydrogens (tertiary/aromatic N) is 4. The van der Waals surface area contributed by atoms with Crippen LogP contribution in [0.3, 0.4) is 0 Å². The highest BCUT2D eigenvalue weighted by molar-refractivity contribution is 5.94. The summed E-state index contributed by atoms with van der Waals surface area (Å²) in [7, 11) is 0. The molecule has 3 aromatic rings. The molecule has 0 atom stereocenters. The molecule has 8 heteroatoms. The lowest BCUT2D eigenvalue weighted by molar-refractivity contribution is -0.117. The maximum absolute atomic E-state index is 12.8. The molecule has 1 aromatic carbocycles. The summed E-state index contributed by atoms with van der Waals surface area (Å²) in [6, 6.07) is 9.48. The molecule has 160 valence electrons. The predicted molar refractivity (Wildman–Crippen MR) is 117 cm³/mol. The largest absolute Gasteiger partial charge is 0.378 e. The molecule has 4 bridgehead atoms. The number of hydrogen-bond acceptors (Lipinski definition) is 5. The average molecular weight is 419 g/mol. The zero-order chi connectivity index (χ0) is 21.0. The molecule has 4 saturated carbocycles. The van der Waals surface area contributed by atoms with E-state index in [-0.39, 0.29) is 23.6 Å². The Bertz CT molecular complexity index is 1180. The minimum Gasteiger partial charge on any atom is -0.378 e. The normalized spacial score (nSPS) is 28.7. The van der Waals surface area contributed by atoms with Gasteiger partial charge in [-0.15, -0.1) is 0 Å². The Morgan fingerprint density at radius 2 is 1.68 bits per heavy atom. The van der Waals surface area contributed by atoms with E-state index in [4.69, 9.17) is 0 Å². The van der Waals surface area contributed by atoms with Crippen molar-refractivity contribution < 1.29 is 4.79 Å². The first-order valence-electron chi connectivity index (χ1n) is 11.1. The Morgan fingerprint density at radius 1 is 1.00 bits per heavy atom. The molecular weight excluding hydrogens is 392 g/mol. The summed E-state index contributed by atoms with van der Waals surface area (Å²) in [4.78, 5) is 25.3. The Labute approximate surface area is 179 Å². The molecule has 2 heterocycles. The van der Waals surface area contributed by atoms with E-state index in [2.05, 4.69) is 20.8 Å². The molecule has 0 aliphatic heterocycles. The average Bonchev–Trinajstić information content (AvgIpc) is 3.20. The van der Waals surface area contributed by atoms with E-state index in [1.807, 2.05) is 24.3 Å². The first kappa shape index (κ1) is 18.6. The highest BCUT2D eigenvalue weighted by Crippen LogP contribution is 2.56. The number of rotatable bonds is 5. The SMILES string of the molecule is O=C(Cn1ncn2nccc2c1=O)Nc1ccccc1NC12CC3CC(CC(C3)C1)C2. The van der Waals surface area contributed by atoms with Crippen LogP contribution in [0.2, 0.25) is 0 Å². The number of hydrogen-bond donors (Lipinski definition) is 2. The van der Waals surface area contributed by atoms with E-state index in [0.717, 1.165) is 29.1 Å². The Kier molecular flexibility index (Phi) is 4.16. The van der Waals surface area contributed by atoms with Crippen molar-refractivity contribution in [2.45, 2.75) is 50.6 Å². The number of nitrogens with one attached hydrogen (secondary N) is 2. The topological polar surface area (TPSA) is 93.3 Å². The number of carbonyl (C=O) groups excluding carboxylic acids is 1. The van der Waals surface area contributed by atoms with E-state index in [9.17, 15) is 9.59 Å². The number of amides is 1. The molecule has 1 amide bonds. The van der Waals surface area contributed by atoms with Crippen LogP contribution in [-0.4, -0.2) is 30.8 Å². The van der Waals surface area contributed by atoms with Crippen LogP contribution in [0, 0.1) is 17.8 Å². The van der Waals surface area contributed by atoms with Crippen molar-refractivity contribution >= 4 is 22.8 Å². The number of para-hydroxylation sites is 2. The molecule has 0 spiro atoms. The first-order chi connectivity index (χ1) is 15.1. The van der Waals surface area contributed by atoms with Gasteiger partial charge >= 0.3 is 0 Å². The molecule has 4 aliphatic carbocycles. The van der Waals surface area contributed by atoms with Gasteiger partial charge in [-0.25, -0.2) is 9.20 Å². The van der Waals surface area contributed by atoms with Crippen LogP contribution in [0.5, 0.6) is 0 Å². The Balaban J connectivity index is 1.21. The standard InChI is InChI=1S/C23H26N6O2/c30-21(13-28-22(31)20-5-6-24-29(20)14-25-28)26-18-3-1-2-4-19(18)27-23-10-15-7-16(11-23)9-17(8-15)12-23/h1-6,14-17,27H,7-13H2,(H,26,30). The lowest BCUT2D eigenvalue weighted by atomic mass is 9.53. The molecule has 2 aromatic heterocycles. The van der Waals surface area contributed by atoms with Crippen molar-refractivity contribution in [3.8, 4) is 0 Å². The van der Waals surface area contributed by atoms with Gasteiger partial charge in [0, 0.05) is 5.54 Å². The molecule has 8 nitrogen and oxygen atoms in total. The molecule has 0 saturated heterocycles. The fourth-order valence-corrected chi connectivity index (χ4v) is 6.56. The monoisotopic (exact) mass is 418 g/mol. The van der Waals surface area contributed by atoms with Crippen molar-refractivity contribution in [1.82, 2.24) is 19.4 Å².